The Kier molecular flexibility index (Phi) is 12.3. The van der Waals surface area contributed by atoms with Crippen molar-refractivity contribution in [1.82, 2.24) is 5.43 Å². The van der Waals surface area contributed by atoms with E-state index < -0.39 is 0 Å². The Morgan fingerprint density at radius 1 is 0.848 bits per heavy atom. The van der Waals surface area contributed by atoms with E-state index in [4.69, 9.17) is 11.6 Å². The topological polar surface area (TPSA) is 70.6 Å². The summed E-state index contributed by atoms with van der Waals surface area (Å²) in [6.45, 7) is 4.07. The third-order valence-electron chi connectivity index (χ3n) is 5.50. The highest BCUT2D eigenvalue weighted by Gasteiger charge is 2.07. The van der Waals surface area contributed by atoms with Gasteiger partial charge in [-0.2, -0.15) is 5.10 Å². The van der Waals surface area contributed by atoms with Gasteiger partial charge >= 0.3 is 0 Å². The summed E-state index contributed by atoms with van der Waals surface area (Å²) in [5.41, 5.74) is 5.33. The van der Waals surface area contributed by atoms with Gasteiger partial charge in [0.2, 0.25) is 5.91 Å². The van der Waals surface area contributed by atoms with Crippen LogP contribution >= 0.6 is 11.6 Å². The summed E-state index contributed by atoms with van der Waals surface area (Å²) < 4.78 is 0. The summed E-state index contributed by atoms with van der Waals surface area (Å²) in [4.78, 5) is 24.5. The predicted molar refractivity (Wildman–Crippen MR) is 138 cm³/mol. The molecule has 0 aromatic heterocycles. The van der Waals surface area contributed by atoms with E-state index in [-0.39, 0.29) is 11.8 Å². The van der Waals surface area contributed by atoms with E-state index >= 15 is 0 Å². The Morgan fingerprint density at radius 2 is 1.48 bits per heavy atom. The maximum absolute atomic E-state index is 12.4. The number of hydrazone groups is 1. The van der Waals surface area contributed by atoms with Crippen molar-refractivity contribution in [3.63, 3.8) is 0 Å². The average Bonchev–Trinajstić information content (AvgIpc) is 2.82. The maximum Gasteiger partial charge on any atom is 0.255 e. The predicted octanol–water partition coefficient (Wildman–Crippen LogP) is 7.35. The number of halogens is 1. The highest BCUT2D eigenvalue weighted by Crippen LogP contribution is 2.15. The molecule has 0 aliphatic carbocycles. The normalized spacial score (nSPS) is 11.3. The number of amides is 2. The van der Waals surface area contributed by atoms with Crippen molar-refractivity contribution in [2.45, 2.75) is 78.1 Å². The van der Waals surface area contributed by atoms with E-state index in [1.165, 1.54) is 44.9 Å². The van der Waals surface area contributed by atoms with Gasteiger partial charge in [0.15, 0.2) is 0 Å². The molecule has 33 heavy (non-hydrogen) atoms. The lowest BCUT2D eigenvalue weighted by Gasteiger charge is -2.08. The molecule has 2 aromatic carbocycles. The molecule has 0 unspecified atom stereocenters. The van der Waals surface area contributed by atoms with Crippen LogP contribution in [0.15, 0.2) is 53.6 Å². The van der Waals surface area contributed by atoms with E-state index in [2.05, 4.69) is 22.8 Å². The molecule has 2 rings (SSSR count). The van der Waals surface area contributed by atoms with Crippen LogP contribution in [-0.2, 0) is 4.79 Å². The smallest absolute Gasteiger partial charge is 0.255 e. The van der Waals surface area contributed by atoms with Crippen LogP contribution < -0.4 is 10.7 Å². The number of carbonyl (C=O) groups is 2. The van der Waals surface area contributed by atoms with Gasteiger partial charge in [0.05, 0.1) is 5.71 Å². The summed E-state index contributed by atoms with van der Waals surface area (Å²) in [7, 11) is 0. The fourth-order valence-electron chi connectivity index (χ4n) is 3.49. The lowest BCUT2D eigenvalue weighted by atomic mass is 10.1. The first kappa shape index (κ1) is 26.6. The molecular weight excluding hydrogens is 434 g/mol. The molecule has 0 radical (unpaired) electrons. The highest BCUT2D eigenvalue weighted by atomic mass is 35.5. The standard InChI is InChI=1S/C27H36ClN3O2/c1-3-4-5-6-7-8-9-10-11-15-26(32)31-30-21(2)23-13-12-14-25(20-23)29-27(33)22-16-18-24(28)19-17-22/h12-14,16-20H,3-11,15H2,1-2H3,(H,29,33)(H,31,32). The molecule has 2 amide bonds. The number of anilines is 1. The minimum atomic E-state index is -0.215. The molecule has 0 fully saturated rings. The molecule has 0 heterocycles. The van der Waals surface area contributed by atoms with Crippen molar-refractivity contribution < 1.29 is 9.59 Å². The molecule has 2 aromatic rings. The first-order valence-corrected chi connectivity index (χ1v) is 12.4. The third-order valence-corrected chi connectivity index (χ3v) is 5.75. The first-order valence-electron chi connectivity index (χ1n) is 12.0. The van der Waals surface area contributed by atoms with Crippen LogP contribution in [-0.4, -0.2) is 17.5 Å². The van der Waals surface area contributed by atoms with Crippen LogP contribution in [0.5, 0.6) is 0 Å². The van der Waals surface area contributed by atoms with Crippen molar-refractivity contribution in [2.24, 2.45) is 5.10 Å². The lowest BCUT2D eigenvalue weighted by molar-refractivity contribution is -0.121. The summed E-state index contributed by atoms with van der Waals surface area (Å²) in [5.74, 6) is -0.280. The summed E-state index contributed by atoms with van der Waals surface area (Å²) in [6, 6.07) is 14.1. The second kappa shape index (κ2) is 15.2. The van der Waals surface area contributed by atoms with Gasteiger partial charge in [-0.1, -0.05) is 82.0 Å². The molecule has 5 nitrogen and oxygen atoms in total. The molecule has 0 spiro atoms. The minimum absolute atomic E-state index is 0.0653. The number of nitrogens with zero attached hydrogens (tertiary/aromatic N) is 1. The van der Waals surface area contributed by atoms with E-state index in [1.807, 2.05) is 31.2 Å². The molecule has 0 aliphatic rings. The zero-order valence-electron chi connectivity index (χ0n) is 19.8. The van der Waals surface area contributed by atoms with Gasteiger partial charge in [0, 0.05) is 22.7 Å². The van der Waals surface area contributed by atoms with Gasteiger partial charge in [-0.05, 0) is 55.3 Å². The summed E-state index contributed by atoms with van der Waals surface area (Å²) in [6.07, 6.45) is 11.5. The summed E-state index contributed by atoms with van der Waals surface area (Å²) in [5, 5.41) is 7.68. The molecule has 178 valence electrons. The monoisotopic (exact) mass is 469 g/mol. The Bertz CT molecular complexity index is 910. The van der Waals surface area contributed by atoms with E-state index in [1.54, 1.807) is 24.3 Å². The van der Waals surface area contributed by atoms with Crippen LogP contribution in [0.1, 0.15) is 94.0 Å². The van der Waals surface area contributed by atoms with E-state index in [9.17, 15) is 9.59 Å². The zero-order valence-corrected chi connectivity index (χ0v) is 20.6. The molecule has 0 saturated heterocycles. The molecule has 2 N–H and O–H groups in total. The number of nitrogens with one attached hydrogen (secondary N) is 2. The van der Waals surface area contributed by atoms with Crippen LogP contribution in [0, 0.1) is 0 Å². The van der Waals surface area contributed by atoms with E-state index in [0.717, 1.165) is 18.4 Å². The van der Waals surface area contributed by atoms with Crippen LogP contribution in [0.25, 0.3) is 0 Å². The Labute approximate surface area is 203 Å². The first-order chi connectivity index (χ1) is 16.0. The Hall–Kier alpha value is -2.66. The number of hydrogen-bond acceptors (Lipinski definition) is 3. The Morgan fingerprint density at radius 3 is 2.15 bits per heavy atom. The molecule has 0 atom stereocenters. The fraction of sp³-hybridized carbons (Fsp3) is 0.444. The SMILES string of the molecule is CCCCCCCCCCCC(=O)NN=C(C)c1cccc(NC(=O)c2ccc(Cl)cc2)c1. The van der Waals surface area contributed by atoms with Gasteiger partial charge in [0.1, 0.15) is 0 Å². The molecule has 0 saturated carbocycles. The van der Waals surface area contributed by atoms with E-state index in [0.29, 0.717) is 28.4 Å². The quantitative estimate of drug-likeness (QED) is 0.172. The number of unbranched alkanes of at least 4 members (excludes halogenated alkanes) is 8. The molecule has 0 aliphatic heterocycles. The van der Waals surface area contributed by atoms with Crippen LogP contribution in [0.3, 0.4) is 0 Å². The van der Waals surface area contributed by atoms with Gasteiger partial charge in [0.25, 0.3) is 5.91 Å². The number of benzene rings is 2. The van der Waals surface area contributed by atoms with Crippen molar-refractivity contribution in [3.8, 4) is 0 Å². The second-order valence-electron chi connectivity index (χ2n) is 8.35. The van der Waals surface area contributed by atoms with Crippen molar-refractivity contribution in [3.05, 3.63) is 64.7 Å². The minimum Gasteiger partial charge on any atom is -0.322 e. The Balaban J connectivity index is 1.73. The van der Waals surface area contributed by atoms with Crippen LogP contribution in [0.4, 0.5) is 5.69 Å². The molecule has 6 heteroatoms. The molecular formula is C27H36ClN3O2. The molecule has 0 bridgehead atoms. The van der Waals surface area contributed by atoms with Gasteiger partial charge in [-0.25, -0.2) is 5.43 Å². The number of hydrogen-bond donors (Lipinski definition) is 2. The van der Waals surface area contributed by atoms with Crippen LogP contribution in [0.2, 0.25) is 5.02 Å². The number of carbonyl (C=O) groups excluding carboxylic acids is 2. The zero-order chi connectivity index (χ0) is 23.9. The number of rotatable bonds is 14. The largest absolute Gasteiger partial charge is 0.322 e. The summed E-state index contributed by atoms with van der Waals surface area (Å²) >= 11 is 5.88. The lowest BCUT2D eigenvalue weighted by Crippen LogP contribution is -2.19. The highest BCUT2D eigenvalue weighted by molar-refractivity contribution is 6.30. The van der Waals surface area contributed by atoms with Crippen molar-refractivity contribution in [1.29, 1.82) is 0 Å². The third kappa shape index (κ3) is 10.7. The second-order valence-corrected chi connectivity index (χ2v) is 8.79. The maximum atomic E-state index is 12.4. The fourth-order valence-corrected chi connectivity index (χ4v) is 3.62. The van der Waals surface area contributed by atoms with Gasteiger partial charge in [-0.15, -0.1) is 0 Å². The average molecular weight is 470 g/mol. The van der Waals surface area contributed by atoms with Gasteiger partial charge in [-0.3, -0.25) is 9.59 Å². The van der Waals surface area contributed by atoms with Crippen molar-refractivity contribution in [2.75, 3.05) is 5.32 Å². The van der Waals surface area contributed by atoms with Crippen molar-refractivity contribution >= 4 is 34.8 Å². The van der Waals surface area contributed by atoms with Gasteiger partial charge < -0.3 is 5.32 Å².